The fraction of sp³-hybridized carbons (Fsp3) is 0.107. The maximum atomic E-state index is 13.3. The number of hydrogen-bond acceptors (Lipinski definition) is 4. The summed E-state index contributed by atoms with van der Waals surface area (Å²) < 4.78 is 5.71. The monoisotopic (exact) mass is 416 g/mol. The minimum atomic E-state index is -0.342. The van der Waals surface area contributed by atoms with E-state index in [1.807, 2.05) is 54.6 Å². The zero-order valence-electron chi connectivity index (χ0n) is 17.4. The number of pyridine rings is 1. The number of carbonyl (C=O) groups excluding carboxylic acids is 1. The number of carbonyl (C=O) groups is 1. The number of rotatable bonds is 4. The third-order valence-corrected chi connectivity index (χ3v) is 5.74. The van der Waals surface area contributed by atoms with Gasteiger partial charge < -0.3 is 4.74 Å². The number of nitrogens with zero attached hydrogens (tertiary/aromatic N) is 2. The molecular weight excluding hydrogens is 396 g/mol. The first-order chi connectivity index (χ1) is 15.7. The van der Waals surface area contributed by atoms with E-state index in [2.05, 4.69) is 24.3 Å². The topological polar surface area (TPSA) is 63.0 Å². The van der Waals surface area contributed by atoms with Crippen LogP contribution < -0.4 is 0 Å². The quantitative estimate of drug-likeness (QED) is 0.386. The van der Waals surface area contributed by atoms with Gasteiger partial charge in [0, 0.05) is 5.39 Å². The Bertz CT molecular complexity index is 1380. The van der Waals surface area contributed by atoms with Crippen molar-refractivity contribution in [3.05, 3.63) is 112 Å². The number of ether oxygens (including phenoxy) is 1. The lowest BCUT2D eigenvalue weighted by molar-refractivity contribution is 0.0474. The third-order valence-electron chi connectivity index (χ3n) is 5.74. The van der Waals surface area contributed by atoms with Crippen molar-refractivity contribution in [2.45, 2.75) is 19.4 Å². The molecule has 0 saturated carbocycles. The van der Waals surface area contributed by atoms with Gasteiger partial charge in [0.25, 0.3) is 0 Å². The number of allylic oxidation sites excluding steroid dienone is 1. The summed E-state index contributed by atoms with van der Waals surface area (Å²) in [6, 6.07) is 27.0. The lowest BCUT2D eigenvalue weighted by atomic mass is 10.0. The Hall–Kier alpha value is -4.23. The van der Waals surface area contributed by atoms with Gasteiger partial charge in [-0.1, -0.05) is 60.7 Å². The van der Waals surface area contributed by atoms with E-state index in [-0.39, 0.29) is 12.6 Å². The van der Waals surface area contributed by atoms with Crippen LogP contribution in [0.15, 0.2) is 78.9 Å². The smallest absolute Gasteiger partial charge is 0.339 e. The molecule has 4 heteroatoms. The minimum absolute atomic E-state index is 0.155. The van der Waals surface area contributed by atoms with Crippen LogP contribution in [-0.4, -0.2) is 11.0 Å². The molecule has 0 aliphatic heterocycles. The van der Waals surface area contributed by atoms with Gasteiger partial charge in [-0.05, 0) is 59.4 Å². The van der Waals surface area contributed by atoms with Crippen molar-refractivity contribution in [1.82, 2.24) is 4.98 Å². The van der Waals surface area contributed by atoms with Crippen molar-refractivity contribution in [2.24, 2.45) is 0 Å². The van der Waals surface area contributed by atoms with Crippen LogP contribution in [0, 0.1) is 11.3 Å². The first kappa shape index (κ1) is 19.7. The summed E-state index contributed by atoms with van der Waals surface area (Å²) in [7, 11) is 0. The number of nitriles is 1. The second-order valence-electron chi connectivity index (χ2n) is 7.80. The zero-order chi connectivity index (χ0) is 21.9. The highest BCUT2D eigenvalue weighted by molar-refractivity contribution is 6.07. The molecule has 1 aliphatic rings. The molecule has 3 aromatic carbocycles. The van der Waals surface area contributed by atoms with Gasteiger partial charge >= 0.3 is 5.97 Å². The number of aromatic nitrogens is 1. The molecule has 0 fully saturated rings. The number of esters is 1. The largest absolute Gasteiger partial charge is 0.457 e. The molecule has 0 bridgehead atoms. The van der Waals surface area contributed by atoms with Crippen LogP contribution in [0.1, 0.15) is 44.7 Å². The van der Waals surface area contributed by atoms with Crippen molar-refractivity contribution in [1.29, 1.82) is 5.26 Å². The van der Waals surface area contributed by atoms with Crippen LogP contribution in [0.25, 0.3) is 22.6 Å². The number of fused-ring (bicyclic) bond motifs is 2. The van der Waals surface area contributed by atoms with Gasteiger partial charge in [-0.25, -0.2) is 9.78 Å². The van der Waals surface area contributed by atoms with E-state index in [0.717, 1.165) is 51.7 Å². The number of para-hydroxylation sites is 1. The molecule has 1 aliphatic carbocycles. The summed E-state index contributed by atoms with van der Waals surface area (Å²) in [4.78, 5) is 18.2. The first-order valence-corrected chi connectivity index (χ1v) is 10.6. The van der Waals surface area contributed by atoms with Gasteiger partial charge in [0.2, 0.25) is 0 Å². The lowest BCUT2D eigenvalue weighted by Gasteiger charge is -2.12. The Morgan fingerprint density at radius 1 is 0.969 bits per heavy atom. The Kier molecular flexibility index (Phi) is 5.23. The van der Waals surface area contributed by atoms with E-state index in [4.69, 9.17) is 15.0 Å². The zero-order valence-corrected chi connectivity index (χ0v) is 17.4. The fourth-order valence-electron chi connectivity index (χ4n) is 4.16. The van der Waals surface area contributed by atoms with Crippen molar-refractivity contribution >= 4 is 28.5 Å². The highest BCUT2D eigenvalue weighted by atomic mass is 16.5. The molecule has 1 aromatic heterocycles. The van der Waals surface area contributed by atoms with E-state index < -0.39 is 0 Å². The van der Waals surface area contributed by atoms with Crippen molar-refractivity contribution in [3.63, 3.8) is 0 Å². The molecule has 0 amide bonds. The van der Waals surface area contributed by atoms with Crippen molar-refractivity contribution in [2.75, 3.05) is 0 Å². The van der Waals surface area contributed by atoms with Gasteiger partial charge in [-0.15, -0.1) is 0 Å². The molecule has 0 radical (unpaired) electrons. The first-order valence-electron chi connectivity index (χ1n) is 10.6. The maximum Gasteiger partial charge on any atom is 0.339 e. The van der Waals surface area contributed by atoms with E-state index in [1.54, 1.807) is 12.1 Å². The molecule has 0 spiro atoms. The Morgan fingerprint density at radius 2 is 1.72 bits per heavy atom. The molecule has 32 heavy (non-hydrogen) atoms. The van der Waals surface area contributed by atoms with Gasteiger partial charge in [0.15, 0.2) is 0 Å². The summed E-state index contributed by atoms with van der Waals surface area (Å²) in [5.41, 5.74) is 6.92. The molecule has 4 aromatic rings. The summed E-state index contributed by atoms with van der Waals surface area (Å²) in [5.74, 6) is -0.342. The molecule has 0 N–H and O–H groups in total. The molecule has 154 valence electrons. The lowest BCUT2D eigenvalue weighted by Crippen LogP contribution is -2.10. The van der Waals surface area contributed by atoms with E-state index >= 15 is 0 Å². The molecule has 0 saturated heterocycles. The van der Waals surface area contributed by atoms with Crippen LogP contribution >= 0.6 is 0 Å². The second-order valence-corrected chi connectivity index (χ2v) is 7.80. The summed E-state index contributed by atoms with van der Waals surface area (Å²) in [6.07, 6.45) is 3.75. The molecule has 4 nitrogen and oxygen atoms in total. The van der Waals surface area contributed by atoms with E-state index in [9.17, 15) is 4.79 Å². The molecule has 0 unspecified atom stereocenters. The van der Waals surface area contributed by atoms with Gasteiger partial charge in [0.1, 0.15) is 6.61 Å². The van der Waals surface area contributed by atoms with Crippen LogP contribution in [-0.2, 0) is 17.8 Å². The van der Waals surface area contributed by atoms with E-state index in [1.165, 1.54) is 0 Å². The maximum absolute atomic E-state index is 13.3. The predicted molar refractivity (Wildman–Crippen MR) is 125 cm³/mol. The highest BCUT2D eigenvalue weighted by Gasteiger charge is 2.27. The average Bonchev–Trinajstić information content (AvgIpc) is 3.23. The van der Waals surface area contributed by atoms with Crippen LogP contribution in [0.4, 0.5) is 0 Å². The van der Waals surface area contributed by atoms with Gasteiger partial charge in [-0.2, -0.15) is 5.26 Å². The molecule has 5 rings (SSSR count). The van der Waals surface area contributed by atoms with Crippen LogP contribution in [0.2, 0.25) is 0 Å². The van der Waals surface area contributed by atoms with Crippen molar-refractivity contribution < 1.29 is 9.53 Å². The Morgan fingerprint density at radius 3 is 2.50 bits per heavy atom. The summed E-state index contributed by atoms with van der Waals surface area (Å²) >= 11 is 0. The predicted octanol–water partition coefficient (Wildman–Crippen LogP) is 5.95. The highest BCUT2D eigenvalue weighted by Crippen LogP contribution is 2.37. The minimum Gasteiger partial charge on any atom is -0.457 e. The van der Waals surface area contributed by atoms with Gasteiger partial charge in [-0.3, -0.25) is 0 Å². The van der Waals surface area contributed by atoms with Crippen LogP contribution in [0.5, 0.6) is 0 Å². The van der Waals surface area contributed by atoms with Crippen LogP contribution in [0.3, 0.4) is 0 Å². The fourth-order valence-corrected chi connectivity index (χ4v) is 4.16. The average molecular weight is 416 g/mol. The molecule has 1 heterocycles. The number of benzene rings is 3. The Balaban J connectivity index is 1.52. The standard InChI is InChI=1S/C28H20N2O2/c29-17-20-10-12-21(13-11-20)18-32-28(31)26-23-8-4-5-9-25(23)30-27-22(14-15-24(26)27)16-19-6-2-1-3-7-19/h1-13,16H,14-15,18H2/b22-16-. The SMILES string of the molecule is N#Cc1ccc(COC(=O)c2c3c(nc4ccccc24)/C(=C\c2ccccc2)CC3)cc1. The Labute approximate surface area is 186 Å². The molecule has 0 atom stereocenters. The van der Waals surface area contributed by atoms with Crippen molar-refractivity contribution in [3.8, 4) is 6.07 Å². The van der Waals surface area contributed by atoms with Gasteiger partial charge in [0.05, 0.1) is 28.4 Å². The normalized spacial score (nSPS) is 13.7. The second kappa shape index (κ2) is 8.49. The third kappa shape index (κ3) is 3.77. The summed E-state index contributed by atoms with van der Waals surface area (Å²) in [5, 5.41) is 9.77. The van der Waals surface area contributed by atoms with E-state index in [0.29, 0.717) is 11.1 Å². The summed E-state index contributed by atoms with van der Waals surface area (Å²) in [6.45, 7) is 0.155. The molecular formula is C28H20N2O2. The number of hydrogen-bond donors (Lipinski definition) is 0.